The van der Waals surface area contributed by atoms with E-state index < -0.39 is 11.4 Å². The molecule has 0 aliphatic carbocycles. The Morgan fingerprint density at radius 1 is 1.17 bits per heavy atom. The first-order chi connectivity index (χ1) is 16.4. The molecule has 190 valence electrons. The van der Waals surface area contributed by atoms with Gasteiger partial charge in [-0.05, 0) is 69.7 Å². The molecule has 0 N–H and O–H groups in total. The van der Waals surface area contributed by atoms with Crippen molar-refractivity contribution in [2.45, 2.75) is 57.3 Å². The molecule has 2 bridgehead atoms. The molecule has 1 aromatic carbocycles. The van der Waals surface area contributed by atoms with Crippen LogP contribution >= 0.6 is 27.5 Å². The maximum atomic E-state index is 15.4. The highest BCUT2D eigenvalue weighted by Gasteiger charge is 2.44. The summed E-state index contributed by atoms with van der Waals surface area (Å²) >= 11 is 9.63. The highest BCUT2D eigenvalue weighted by molar-refractivity contribution is 9.10. The molecule has 2 atom stereocenters. The number of halogens is 3. The van der Waals surface area contributed by atoms with Crippen molar-refractivity contribution in [2.75, 3.05) is 50.1 Å². The van der Waals surface area contributed by atoms with Crippen LogP contribution in [0.3, 0.4) is 0 Å². The van der Waals surface area contributed by atoms with E-state index in [0.29, 0.717) is 36.3 Å². The Morgan fingerprint density at radius 2 is 1.80 bits per heavy atom. The molecular formula is C24H31BrClFN6O2. The number of aromatic nitrogens is 2. The van der Waals surface area contributed by atoms with Crippen LogP contribution in [0.15, 0.2) is 10.5 Å². The summed E-state index contributed by atoms with van der Waals surface area (Å²) in [6.45, 7) is 8.25. The van der Waals surface area contributed by atoms with Crippen molar-refractivity contribution < 1.29 is 13.9 Å². The number of rotatable bonds is 3. The zero-order valence-corrected chi connectivity index (χ0v) is 23.0. The summed E-state index contributed by atoms with van der Waals surface area (Å²) in [7, 11) is 4.10. The summed E-state index contributed by atoms with van der Waals surface area (Å²) < 4.78 is 21.2. The number of fused-ring (bicyclic) bond motifs is 3. The van der Waals surface area contributed by atoms with E-state index >= 15 is 4.39 Å². The minimum absolute atomic E-state index is 0.0589. The standard InChI is InChI=1S/C24H31BrClFN6O2/c1-24(2,3)35-23(34)32-9-13-6-7-14(10-32)33(13)21-16-8-17(26)18(25)19(27)20(16)28-22(29-21)31-11-15(12-31)30(4)5/h8,13-15H,6-7,9-12H2,1-5H3/t13-,14+. The smallest absolute Gasteiger partial charge is 0.410 e. The van der Waals surface area contributed by atoms with E-state index in [9.17, 15) is 4.79 Å². The number of likely N-dealkylation sites (tertiary alicyclic amines) is 1. The van der Waals surface area contributed by atoms with Crippen molar-refractivity contribution in [1.82, 2.24) is 19.8 Å². The van der Waals surface area contributed by atoms with Gasteiger partial charge in [-0.2, -0.15) is 4.98 Å². The lowest BCUT2D eigenvalue weighted by Gasteiger charge is -2.44. The van der Waals surface area contributed by atoms with Crippen LogP contribution in [-0.4, -0.2) is 89.9 Å². The highest BCUT2D eigenvalue weighted by atomic mass is 79.9. The van der Waals surface area contributed by atoms with Crippen LogP contribution in [0.1, 0.15) is 33.6 Å². The van der Waals surface area contributed by atoms with Gasteiger partial charge in [0, 0.05) is 49.7 Å². The number of benzene rings is 1. The van der Waals surface area contributed by atoms with E-state index in [1.165, 1.54) is 0 Å². The van der Waals surface area contributed by atoms with Gasteiger partial charge >= 0.3 is 6.09 Å². The minimum Gasteiger partial charge on any atom is -0.444 e. The van der Waals surface area contributed by atoms with Crippen molar-refractivity contribution in [2.24, 2.45) is 0 Å². The number of piperazine rings is 1. The van der Waals surface area contributed by atoms with E-state index in [-0.39, 0.29) is 33.2 Å². The summed E-state index contributed by atoms with van der Waals surface area (Å²) in [4.78, 5) is 30.6. The van der Waals surface area contributed by atoms with E-state index in [1.807, 2.05) is 20.8 Å². The number of ether oxygens (including phenoxy) is 1. The number of nitrogens with zero attached hydrogens (tertiary/aromatic N) is 6. The number of hydrogen-bond acceptors (Lipinski definition) is 7. The first-order valence-corrected chi connectivity index (χ1v) is 13.1. The van der Waals surface area contributed by atoms with Crippen molar-refractivity contribution >= 4 is 56.3 Å². The average Bonchev–Trinajstić information content (AvgIpc) is 2.98. The predicted octanol–water partition coefficient (Wildman–Crippen LogP) is 4.52. The second-order valence-electron chi connectivity index (χ2n) is 10.9. The number of hydrogen-bond donors (Lipinski definition) is 0. The lowest BCUT2D eigenvalue weighted by molar-refractivity contribution is 0.0209. The van der Waals surface area contributed by atoms with Crippen LogP contribution in [0.4, 0.5) is 21.0 Å². The van der Waals surface area contributed by atoms with Gasteiger partial charge in [0.05, 0.1) is 9.50 Å². The molecule has 4 heterocycles. The molecule has 35 heavy (non-hydrogen) atoms. The van der Waals surface area contributed by atoms with E-state index in [1.54, 1.807) is 11.0 Å². The maximum absolute atomic E-state index is 15.4. The highest BCUT2D eigenvalue weighted by Crippen LogP contribution is 2.42. The second kappa shape index (κ2) is 8.88. The third kappa shape index (κ3) is 4.53. The van der Waals surface area contributed by atoms with Gasteiger partial charge in [-0.15, -0.1) is 0 Å². The molecule has 2 aromatic rings. The van der Waals surface area contributed by atoms with Gasteiger partial charge in [0.15, 0.2) is 5.82 Å². The van der Waals surface area contributed by atoms with Gasteiger partial charge < -0.3 is 24.3 Å². The molecule has 0 spiro atoms. The maximum Gasteiger partial charge on any atom is 0.410 e. The molecule has 11 heteroatoms. The Hall–Kier alpha value is -1.91. The molecule has 3 aliphatic rings. The van der Waals surface area contributed by atoms with Gasteiger partial charge in [0.1, 0.15) is 16.9 Å². The lowest BCUT2D eigenvalue weighted by atomic mass is 10.1. The minimum atomic E-state index is -0.547. The van der Waals surface area contributed by atoms with Crippen molar-refractivity contribution in [3.8, 4) is 0 Å². The van der Waals surface area contributed by atoms with Crippen LogP contribution in [0.2, 0.25) is 5.02 Å². The Labute approximate surface area is 218 Å². The normalized spacial score (nSPS) is 22.8. The fourth-order valence-corrected chi connectivity index (χ4v) is 5.65. The molecule has 0 saturated carbocycles. The summed E-state index contributed by atoms with van der Waals surface area (Å²) in [5, 5.41) is 0.871. The molecule has 8 nitrogen and oxygen atoms in total. The number of amides is 1. The van der Waals surface area contributed by atoms with Crippen LogP contribution < -0.4 is 9.80 Å². The van der Waals surface area contributed by atoms with Crippen molar-refractivity contribution in [3.05, 3.63) is 21.4 Å². The molecule has 0 radical (unpaired) electrons. The number of anilines is 2. The Bertz CT molecular complexity index is 1160. The molecule has 3 aliphatic heterocycles. The van der Waals surface area contributed by atoms with E-state index in [2.05, 4.69) is 49.7 Å². The summed E-state index contributed by atoms with van der Waals surface area (Å²) in [6, 6.07) is 2.27. The summed E-state index contributed by atoms with van der Waals surface area (Å²) in [5.74, 6) is 0.720. The fraction of sp³-hybridized carbons (Fsp3) is 0.625. The zero-order valence-electron chi connectivity index (χ0n) is 20.7. The molecule has 3 saturated heterocycles. The van der Waals surface area contributed by atoms with Crippen LogP contribution in [0.25, 0.3) is 10.9 Å². The van der Waals surface area contributed by atoms with Gasteiger partial charge in [-0.3, -0.25) is 0 Å². The third-order valence-electron chi connectivity index (χ3n) is 7.05. The Kier molecular flexibility index (Phi) is 6.29. The molecule has 0 unspecified atom stereocenters. The fourth-order valence-electron chi connectivity index (χ4n) is 5.15. The van der Waals surface area contributed by atoms with Gasteiger partial charge in [0.2, 0.25) is 5.95 Å². The number of carbonyl (C=O) groups excluding carboxylic acids is 1. The third-order valence-corrected chi connectivity index (χ3v) is 8.35. The molecule has 5 rings (SSSR count). The van der Waals surface area contributed by atoms with Crippen molar-refractivity contribution in [1.29, 1.82) is 0 Å². The van der Waals surface area contributed by atoms with Gasteiger partial charge in [-0.25, -0.2) is 14.2 Å². The largest absolute Gasteiger partial charge is 0.444 e. The van der Waals surface area contributed by atoms with Crippen molar-refractivity contribution in [3.63, 3.8) is 0 Å². The summed E-state index contributed by atoms with van der Waals surface area (Å²) in [6.07, 6.45) is 1.55. The predicted molar refractivity (Wildman–Crippen MR) is 139 cm³/mol. The zero-order chi connectivity index (χ0) is 25.2. The monoisotopic (exact) mass is 568 g/mol. The molecular weight excluding hydrogens is 539 g/mol. The summed E-state index contributed by atoms with van der Waals surface area (Å²) in [5.41, 5.74) is -0.294. The van der Waals surface area contributed by atoms with E-state index in [0.717, 1.165) is 25.9 Å². The Morgan fingerprint density at radius 3 is 2.37 bits per heavy atom. The number of likely N-dealkylation sites (N-methyl/N-ethyl adjacent to an activating group) is 1. The van der Waals surface area contributed by atoms with Crippen LogP contribution in [-0.2, 0) is 4.74 Å². The second-order valence-corrected chi connectivity index (χ2v) is 12.1. The molecule has 1 amide bonds. The van der Waals surface area contributed by atoms with Crippen LogP contribution in [0, 0.1) is 5.82 Å². The quantitative estimate of drug-likeness (QED) is 0.504. The first kappa shape index (κ1) is 24.8. The SMILES string of the molecule is CN(C)C1CN(c2nc(N3[C@@H]4CC[C@H]3CN(C(=O)OC(C)(C)C)C4)c3cc(Cl)c(Br)c(F)c3n2)C1. The molecule has 3 fully saturated rings. The van der Waals surface area contributed by atoms with Gasteiger partial charge in [0.25, 0.3) is 0 Å². The van der Waals surface area contributed by atoms with E-state index in [4.69, 9.17) is 21.3 Å². The topological polar surface area (TPSA) is 65.0 Å². The lowest BCUT2D eigenvalue weighted by Crippen LogP contribution is -2.58. The van der Waals surface area contributed by atoms with Crippen LogP contribution in [0.5, 0.6) is 0 Å². The molecule has 1 aromatic heterocycles. The number of carbonyl (C=O) groups is 1. The van der Waals surface area contributed by atoms with Gasteiger partial charge in [-0.1, -0.05) is 11.6 Å². The Balaban J connectivity index is 1.52. The average molecular weight is 570 g/mol. The first-order valence-electron chi connectivity index (χ1n) is 12.0.